The van der Waals surface area contributed by atoms with E-state index in [0.717, 1.165) is 19.6 Å². The van der Waals surface area contributed by atoms with Gasteiger partial charge in [0, 0.05) is 26.2 Å². The normalized spacial score (nSPS) is 16.8. The van der Waals surface area contributed by atoms with Gasteiger partial charge in [-0.3, -0.25) is 9.69 Å². The Kier molecular flexibility index (Phi) is 5.34. The molecule has 2 N–H and O–H groups in total. The lowest BCUT2D eigenvalue weighted by atomic mass is 10.4. The van der Waals surface area contributed by atoms with Gasteiger partial charge in [-0.2, -0.15) is 0 Å². The maximum Gasteiger partial charge on any atom is 0.287 e. The van der Waals surface area contributed by atoms with Crippen molar-refractivity contribution in [2.75, 3.05) is 46.4 Å². The summed E-state index contributed by atoms with van der Waals surface area (Å²) in [6, 6.07) is 2.59. The first-order chi connectivity index (χ1) is 10.0. The van der Waals surface area contributed by atoms with Crippen LogP contribution in [0, 0.1) is 0 Å². The Balaban J connectivity index is 1.83. The monoisotopic (exact) mass is 317 g/mol. The smallest absolute Gasteiger partial charge is 0.287 e. The molecule has 1 amide bonds. The molecule has 9 heteroatoms. The van der Waals surface area contributed by atoms with Gasteiger partial charge in [0.2, 0.25) is 5.09 Å². The van der Waals surface area contributed by atoms with Crippen molar-refractivity contribution in [3.05, 3.63) is 17.9 Å². The van der Waals surface area contributed by atoms with E-state index >= 15 is 0 Å². The average Bonchev–Trinajstić information content (AvgIpc) is 2.99. The van der Waals surface area contributed by atoms with Gasteiger partial charge in [-0.05, 0) is 19.2 Å². The van der Waals surface area contributed by atoms with Crippen LogP contribution in [0.5, 0.6) is 0 Å². The highest BCUT2D eigenvalue weighted by atomic mass is 32.2. The fourth-order valence-corrected chi connectivity index (χ4v) is 2.57. The minimum absolute atomic E-state index is 0.0224. The van der Waals surface area contributed by atoms with Gasteiger partial charge in [-0.15, -0.1) is 0 Å². The van der Waals surface area contributed by atoms with Crippen molar-refractivity contribution >= 4 is 15.9 Å². The molecule has 0 aromatic carbocycles. The molecule has 0 atom stereocenters. The van der Waals surface area contributed by atoms with Gasteiger partial charge in [0.15, 0.2) is 5.76 Å². The molecule has 0 bridgehead atoms. The lowest BCUT2D eigenvalue weighted by Crippen LogP contribution is -2.41. The second kappa shape index (κ2) is 7.03. The largest absolute Gasteiger partial charge is 0.438 e. The van der Waals surface area contributed by atoms with E-state index in [9.17, 15) is 13.2 Å². The Labute approximate surface area is 123 Å². The van der Waals surface area contributed by atoms with Crippen molar-refractivity contribution < 1.29 is 22.4 Å². The number of carbonyl (C=O) groups is 1. The lowest BCUT2D eigenvalue weighted by molar-refractivity contribution is 0.0382. The highest BCUT2D eigenvalue weighted by Crippen LogP contribution is 2.13. The molecule has 0 radical (unpaired) electrons. The van der Waals surface area contributed by atoms with E-state index in [-0.39, 0.29) is 10.9 Å². The molecule has 118 valence electrons. The predicted molar refractivity (Wildman–Crippen MR) is 74.5 cm³/mol. The van der Waals surface area contributed by atoms with E-state index in [2.05, 4.69) is 14.9 Å². The number of nitrogens with zero attached hydrogens (tertiary/aromatic N) is 1. The van der Waals surface area contributed by atoms with Crippen LogP contribution < -0.4 is 10.0 Å². The summed E-state index contributed by atoms with van der Waals surface area (Å²) in [6.07, 6.45) is 0. The first-order valence-electron chi connectivity index (χ1n) is 6.64. The number of carbonyl (C=O) groups excluding carboxylic acids is 1. The van der Waals surface area contributed by atoms with Gasteiger partial charge < -0.3 is 14.5 Å². The van der Waals surface area contributed by atoms with E-state index in [4.69, 9.17) is 9.15 Å². The quantitative estimate of drug-likeness (QED) is 0.716. The van der Waals surface area contributed by atoms with Crippen LogP contribution >= 0.6 is 0 Å². The molecule has 2 heterocycles. The third-order valence-corrected chi connectivity index (χ3v) is 4.44. The number of nitrogens with one attached hydrogen (secondary N) is 2. The number of hydrogen-bond acceptors (Lipinski definition) is 6. The van der Waals surface area contributed by atoms with E-state index < -0.39 is 15.9 Å². The second-order valence-corrected chi connectivity index (χ2v) is 6.35. The third-order valence-electron chi connectivity index (χ3n) is 3.16. The van der Waals surface area contributed by atoms with Gasteiger partial charge in [0.05, 0.1) is 13.2 Å². The van der Waals surface area contributed by atoms with Crippen molar-refractivity contribution in [2.45, 2.75) is 5.09 Å². The van der Waals surface area contributed by atoms with Crippen LogP contribution in [-0.2, 0) is 14.8 Å². The molecule has 1 aliphatic rings. The molecule has 0 saturated carbocycles. The minimum Gasteiger partial charge on any atom is -0.438 e. The fraction of sp³-hybridized carbons (Fsp3) is 0.583. The van der Waals surface area contributed by atoms with Crippen LogP contribution in [0.15, 0.2) is 21.6 Å². The molecule has 1 fully saturated rings. The molecular formula is C12H19N3O5S. The highest BCUT2D eigenvalue weighted by Gasteiger charge is 2.19. The van der Waals surface area contributed by atoms with Gasteiger partial charge in [-0.1, -0.05) is 0 Å². The Hall–Kier alpha value is -1.42. The standard InChI is InChI=1S/C12H19N3O5S/c1-13-21(17,18)11-3-2-10(20-11)12(16)14-4-5-15-6-8-19-9-7-15/h2-3,13H,4-9H2,1H3,(H,14,16). The van der Waals surface area contributed by atoms with Gasteiger partial charge in [-0.25, -0.2) is 13.1 Å². The summed E-state index contributed by atoms with van der Waals surface area (Å²) in [5.74, 6) is -0.452. The predicted octanol–water partition coefficient (Wildman–Crippen LogP) is -0.750. The zero-order valence-electron chi connectivity index (χ0n) is 11.8. The molecule has 2 rings (SSSR count). The van der Waals surface area contributed by atoms with Crippen molar-refractivity contribution in [3.63, 3.8) is 0 Å². The molecule has 0 spiro atoms. The van der Waals surface area contributed by atoms with Crippen molar-refractivity contribution in [1.82, 2.24) is 14.9 Å². The Morgan fingerprint density at radius 3 is 2.71 bits per heavy atom. The molecule has 1 aromatic heterocycles. The first-order valence-corrected chi connectivity index (χ1v) is 8.13. The van der Waals surface area contributed by atoms with E-state index in [0.29, 0.717) is 19.8 Å². The zero-order chi connectivity index (χ0) is 15.3. The van der Waals surface area contributed by atoms with Crippen LogP contribution in [0.2, 0.25) is 0 Å². The van der Waals surface area contributed by atoms with Gasteiger partial charge in [0.1, 0.15) is 0 Å². The Morgan fingerprint density at radius 2 is 2.05 bits per heavy atom. The summed E-state index contributed by atoms with van der Waals surface area (Å²) in [4.78, 5) is 14.0. The lowest BCUT2D eigenvalue weighted by Gasteiger charge is -2.26. The summed E-state index contributed by atoms with van der Waals surface area (Å²) in [5, 5.41) is 2.42. The molecule has 8 nitrogen and oxygen atoms in total. The number of ether oxygens (including phenoxy) is 1. The van der Waals surface area contributed by atoms with Crippen molar-refractivity contribution in [1.29, 1.82) is 0 Å². The first kappa shape index (κ1) is 16.0. The average molecular weight is 317 g/mol. The summed E-state index contributed by atoms with van der Waals surface area (Å²) < 4.78 is 35.4. The van der Waals surface area contributed by atoms with Crippen molar-refractivity contribution in [2.24, 2.45) is 0 Å². The number of morpholine rings is 1. The van der Waals surface area contributed by atoms with Gasteiger partial charge in [0.25, 0.3) is 15.9 Å². The third kappa shape index (κ3) is 4.27. The van der Waals surface area contributed by atoms with E-state index in [1.807, 2.05) is 0 Å². The van der Waals surface area contributed by atoms with E-state index in [1.54, 1.807) is 0 Å². The van der Waals surface area contributed by atoms with Crippen LogP contribution in [0.4, 0.5) is 0 Å². The summed E-state index contributed by atoms with van der Waals surface area (Å²) in [7, 11) is -2.39. The van der Waals surface area contributed by atoms with E-state index in [1.165, 1.54) is 19.2 Å². The molecule has 1 aliphatic heterocycles. The van der Waals surface area contributed by atoms with Crippen LogP contribution in [-0.4, -0.2) is 65.7 Å². The van der Waals surface area contributed by atoms with Crippen LogP contribution in [0.25, 0.3) is 0 Å². The maximum absolute atomic E-state index is 11.9. The molecular weight excluding hydrogens is 298 g/mol. The fourth-order valence-electron chi connectivity index (χ4n) is 1.93. The number of rotatable bonds is 6. The maximum atomic E-state index is 11.9. The Bertz CT molecular complexity index is 577. The molecule has 21 heavy (non-hydrogen) atoms. The topological polar surface area (TPSA) is 101 Å². The molecule has 0 unspecified atom stereocenters. The zero-order valence-corrected chi connectivity index (χ0v) is 12.6. The minimum atomic E-state index is -3.67. The molecule has 1 saturated heterocycles. The summed E-state index contributed by atoms with van der Waals surface area (Å²) in [5.41, 5.74) is 0. The number of amides is 1. The van der Waals surface area contributed by atoms with Crippen LogP contribution in [0.1, 0.15) is 10.6 Å². The summed E-state index contributed by atoms with van der Waals surface area (Å²) >= 11 is 0. The molecule has 0 aliphatic carbocycles. The SMILES string of the molecule is CNS(=O)(=O)c1ccc(C(=O)NCCN2CCOCC2)o1. The van der Waals surface area contributed by atoms with Gasteiger partial charge >= 0.3 is 0 Å². The summed E-state index contributed by atoms with van der Waals surface area (Å²) in [6.45, 7) is 4.29. The Morgan fingerprint density at radius 1 is 1.33 bits per heavy atom. The second-order valence-electron chi connectivity index (χ2n) is 4.54. The van der Waals surface area contributed by atoms with Crippen molar-refractivity contribution in [3.8, 4) is 0 Å². The number of hydrogen-bond donors (Lipinski definition) is 2. The van der Waals surface area contributed by atoms with Crippen LogP contribution in [0.3, 0.4) is 0 Å². The number of furan rings is 1. The highest BCUT2D eigenvalue weighted by molar-refractivity contribution is 7.89. The molecule has 1 aromatic rings. The number of sulfonamides is 1.